The molecule has 6 nitrogen and oxygen atoms in total. The van der Waals surface area contributed by atoms with Gasteiger partial charge in [0, 0.05) is 26.2 Å². The molecule has 0 bridgehead atoms. The van der Waals surface area contributed by atoms with Crippen LogP contribution in [0, 0.1) is 18.6 Å². The Bertz CT molecular complexity index is 997. The van der Waals surface area contributed by atoms with Crippen LogP contribution < -0.4 is 5.32 Å². The lowest BCUT2D eigenvalue weighted by atomic mass is 10.1. The highest BCUT2D eigenvalue weighted by Gasteiger charge is 2.27. The van der Waals surface area contributed by atoms with Crippen LogP contribution in [0.5, 0.6) is 0 Å². The maximum Gasteiger partial charge on any atom is 0.243 e. The molecule has 9 heteroatoms. The highest BCUT2D eigenvalue weighted by molar-refractivity contribution is 7.89. The molecule has 1 aliphatic rings. The first-order valence-electron chi connectivity index (χ1n) is 9.75. The molecule has 1 N–H and O–H groups in total. The van der Waals surface area contributed by atoms with Gasteiger partial charge in [0.1, 0.15) is 11.6 Å². The van der Waals surface area contributed by atoms with Crippen LogP contribution >= 0.6 is 0 Å². The monoisotopic (exact) mass is 437 g/mol. The smallest absolute Gasteiger partial charge is 0.243 e. The van der Waals surface area contributed by atoms with Crippen molar-refractivity contribution in [2.75, 3.05) is 32.7 Å². The van der Waals surface area contributed by atoms with Gasteiger partial charge in [0.25, 0.3) is 0 Å². The molecular formula is C21H25F2N3O3S. The van der Waals surface area contributed by atoms with Gasteiger partial charge in [-0.25, -0.2) is 17.2 Å². The van der Waals surface area contributed by atoms with E-state index in [2.05, 4.69) is 5.32 Å². The van der Waals surface area contributed by atoms with Gasteiger partial charge >= 0.3 is 0 Å². The summed E-state index contributed by atoms with van der Waals surface area (Å²) in [4.78, 5) is 14.2. The minimum atomic E-state index is -3.70. The first-order valence-corrected chi connectivity index (χ1v) is 11.2. The first kappa shape index (κ1) is 22.3. The van der Waals surface area contributed by atoms with Gasteiger partial charge in [-0.1, -0.05) is 12.1 Å². The second-order valence-corrected chi connectivity index (χ2v) is 9.29. The number of sulfonamides is 1. The molecule has 0 unspecified atom stereocenters. The first-order chi connectivity index (χ1) is 14.3. The molecule has 1 saturated heterocycles. The molecule has 3 rings (SSSR count). The van der Waals surface area contributed by atoms with E-state index in [1.54, 1.807) is 19.1 Å². The molecule has 2 aromatic carbocycles. The van der Waals surface area contributed by atoms with Crippen molar-refractivity contribution in [1.82, 2.24) is 14.5 Å². The van der Waals surface area contributed by atoms with E-state index in [-0.39, 0.29) is 36.3 Å². The number of carbonyl (C=O) groups is 1. The van der Waals surface area contributed by atoms with Crippen molar-refractivity contribution in [2.24, 2.45) is 0 Å². The predicted octanol–water partition coefficient (Wildman–Crippen LogP) is 2.29. The summed E-state index contributed by atoms with van der Waals surface area (Å²) in [7, 11) is -3.70. The van der Waals surface area contributed by atoms with Gasteiger partial charge in [-0.2, -0.15) is 4.31 Å². The normalized spacial score (nSPS) is 16.2. The van der Waals surface area contributed by atoms with Crippen molar-refractivity contribution < 1.29 is 22.0 Å². The summed E-state index contributed by atoms with van der Waals surface area (Å²) in [5.74, 6) is -1.00. The summed E-state index contributed by atoms with van der Waals surface area (Å²) in [6, 6.07) is 9.61. The Balaban J connectivity index is 1.52. The van der Waals surface area contributed by atoms with Crippen LogP contribution in [0.3, 0.4) is 0 Å². The summed E-state index contributed by atoms with van der Waals surface area (Å²) < 4.78 is 53.6. The van der Waals surface area contributed by atoms with Crippen molar-refractivity contribution in [2.45, 2.75) is 24.8 Å². The van der Waals surface area contributed by atoms with Gasteiger partial charge in [0.15, 0.2) is 0 Å². The molecule has 2 aromatic rings. The number of nitrogens with one attached hydrogen (secondary N) is 1. The van der Waals surface area contributed by atoms with Crippen LogP contribution in [0.15, 0.2) is 47.4 Å². The fourth-order valence-electron chi connectivity index (χ4n) is 3.31. The van der Waals surface area contributed by atoms with E-state index in [0.29, 0.717) is 37.2 Å². The van der Waals surface area contributed by atoms with Gasteiger partial charge < -0.3 is 5.32 Å². The summed E-state index contributed by atoms with van der Waals surface area (Å²) in [6.07, 6.45) is 0.580. The van der Waals surface area contributed by atoms with E-state index in [0.717, 1.165) is 12.1 Å². The van der Waals surface area contributed by atoms with Crippen molar-refractivity contribution >= 4 is 15.9 Å². The second kappa shape index (κ2) is 9.63. The number of benzene rings is 2. The molecular weight excluding hydrogens is 412 g/mol. The third-order valence-corrected chi connectivity index (χ3v) is 7.00. The molecule has 1 fully saturated rings. The van der Waals surface area contributed by atoms with Crippen LogP contribution in [-0.4, -0.2) is 56.3 Å². The number of nitrogens with zero attached hydrogens (tertiary/aromatic N) is 2. The second-order valence-electron chi connectivity index (χ2n) is 7.35. The third-order valence-electron chi connectivity index (χ3n) is 5.09. The van der Waals surface area contributed by atoms with E-state index < -0.39 is 15.8 Å². The van der Waals surface area contributed by atoms with E-state index in [1.165, 1.54) is 22.5 Å². The molecule has 162 valence electrons. The van der Waals surface area contributed by atoms with Crippen molar-refractivity contribution in [3.63, 3.8) is 0 Å². The van der Waals surface area contributed by atoms with E-state index in [9.17, 15) is 22.0 Å². The molecule has 0 saturated carbocycles. The summed E-state index contributed by atoms with van der Waals surface area (Å²) in [5.41, 5.74) is 1.23. The van der Waals surface area contributed by atoms with Gasteiger partial charge in [-0.3, -0.25) is 9.69 Å². The molecule has 1 aliphatic heterocycles. The highest BCUT2D eigenvalue weighted by Crippen LogP contribution is 2.18. The van der Waals surface area contributed by atoms with Crippen molar-refractivity contribution in [1.29, 1.82) is 0 Å². The Hall–Kier alpha value is -2.36. The molecule has 0 aliphatic carbocycles. The average molecular weight is 438 g/mol. The lowest BCUT2D eigenvalue weighted by Crippen LogP contribution is -2.39. The quantitative estimate of drug-likeness (QED) is 0.753. The molecule has 0 aromatic heterocycles. The molecule has 0 radical (unpaired) electrons. The zero-order chi connectivity index (χ0) is 21.7. The van der Waals surface area contributed by atoms with E-state index in [4.69, 9.17) is 0 Å². The lowest BCUT2D eigenvalue weighted by molar-refractivity contribution is -0.122. The SMILES string of the molecule is Cc1ccc(CNC(=O)CN2CCCN(S(=O)(=O)c3ccc(F)cc3)CC2)cc1F. The van der Waals surface area contributed by atoms with Crippen LogP contribution in [0.2, 0.25) is 0 Å². The number of aryl methyl sites for hydroxylation is 1. The van der Waals surface area contributed by atoms with Gasteiger partial charge in [0.2, 0.25) is 15.9 Å². The zero-order valence-electron chi connectivity index (χ0n) is 16.8. The molecule has 30 heavy (non-hydrogen) atoms. The standard InChI is InChI=1S/C21H25F2N3O3S/c1-16-3-4-17(13-20(16)23)14-24-21(27)15-25-9-2-10-26(12-11-25)30(28,29)19-7-5-18(22)6-8-19/h3-8,13H,2,9-12,14-15H2,1H3,(H,24,27). The van der Waals surface area contributed by atoms with E-state index in [1.807, 2.05) is 4.90 Å². The summed E-state index contributed by atoms with van der Waals surface area (Å²) in [6.45, 7) is 3.62. The Morgan fingerprint density at radius 3 is 2.47 bits per heavy atom. The van der Waals surface area contributed by atoms with Crippen LogP contribution in [0.25, 0.3) is 0 Å². The fourth-order valence-corrected chi connectivity index (χ4v) is 4.78. The van der Waals surface area contributed by atoms with Crippen LogP contribution in [0.4, 0.5) is 8.78 Å². The van der Waals surface area contributed by atoms with Crippen LogP contribution in [-0.2, 0) is 21.4 Å². The Kier molecular flexibility index (Phi) is 7.17. The molecule has 1 heterocycles. The molecule has 1 amide bonds. The number of amides is 1. The lowest BCUT2D eigenvalue weighted by Gasteiger charge is -2.21. The Labute approximate surface area is 175 Å². The minimum absolute atomic E-state index is 0.0559. The number of hydrogen-bond acceptors (Lipinski definition) is 4. The zero-order valence-corrected chi connectivity index (χ0v) is 17.6. The van der Waals surface area contributed by atoms with Gasteiger partial charge in [-0.05, 0) is 61.3 Å². The third kappa shape index (κ3) is 5.62. The number of carbonyl (C=O) groups excluding carboxylic acids is 1. The average Bonchev–Trinajstić information content (AvgIpc) is 2.95. The van der Waals surface area contributed by atoms with Crippen molar-refractivity contribution in [3.05, 3.63) is 65.2 Å². The van der Waals surface area contributed by atoms with Gasteiger partial charge in [0.05, 0.1) is 11.4 Å². The Morgan fingerprint density at radius 1 is 1.03 bits per heavy atom. The Morgan fingerprint density at radius 2 is 1.77 bits per heavy atom. The molecule has 0 atom stereocenters. The highest BCUT2D eigenvalue weighted by atomic mass is 32.2. The summed E-state index contributed by atoms with van der Waals surface area (Å²) >= 11 is 0. The maximum absolute atomic E-state index is 13.6. The topological polar surface area (TPSA) is 69.7 Å². The number of halogens is 2. The van der Waals surface area contributed by atoms with Crippen LogP contribution in [0.1, 0.15) is 17.5 Å². The number of hydrogen-bond donors (Lipinski definition) is 1. The maximum atomic E-state index is 13.6. The van der Waals surface area contributed by atoms with Gasteiger partial charge in [-0.15, -0.1) is 0 Å². The molecule has 0 spiro atoms. The number of rotatable bonds is 6. The van der Waals surface area contributed by atoms with E-state index >= 15 is 0 Å². The fraction of sp³-hybridized carbons (Fsp3) is 0.381. The minimum Gasteiger partial charge on any atom is -0.351 e. The summed E-state index contributed by atoms with van der Waals surface area (Å²) in [5, 5.41) is 2.77. The predicted molar refractivity (Wildman–Crippen MR) is 109 cm³/mol. The largest absolute Gasteiger partial charge is 0.351 e. The van der Waals surface area contributed by atoms with Crippen molar-refractivity contribution in [3.8, 4) is 0 Å².